The van der Waals surface area contributed by atoms with Crippen molar-refractivity contribution in [3.05, 3.63) is 86.9 Å². The van der Waals surface area contributed by atoms with Gasteiger partial charge in [-0.25, -0.2) is 0 Å². The van der Waals surface area contributed by atoms with Gasteiger partial charge in [-0.3, -0.25) is 14.5 Å². The molecule has 220 valence electrons. The molecule has 1 saturated heterocycles. The second-order valence-electron chi connectivity index (χ2n) is 9.71. The van der Waals surface area contributed by atoms with Crippen LogP contribution >= 0.6 is 39.0 Å². The van der Waals surface area contributed by atoms with Crippen molar-refractivity contribution in [2.45, 2.75) is 23.1 Å². The van der Waals surface area contributed by atoms with Gasteiger partial charge in [-0.2, -0.15) is 0 Å². The third-order valence-corrected chi connectivity index (χ3v) is 9.66. The highest BCUT2D eigenvalue weighted by Crippen LogP contribution is 2.47. The highest BCUT2D eigenvalue weighted by atomic mass is 79.9. The van der Waals surface area contributed by atoms with Gasteiger partial charge < -0.3 is 24.4 Å². The lowest BCUT2D eigenvalue weighted by molar-refractivity contribution is -0.132. The number of ether oxygens (including phenoxy) is 3. The van der Waals surface area contributed by atoms with Crippen LogP contribution in [0.2, 0.25) is 0 Å². The molecule has 1 atom stereocenters. The first-order valence-electron chi connectivity index (χ1n) is 13.0. The maximum absolute atomic E-state index is 13.6. The number of anilines is 1. The van der Waals surface area contributed by atoms with E-state index in [1.165, 1.54) is 29.8 Å². The van der Waals surface area contributed by atoms with Crippen molar-refractivity contribution in [1.82, 2.24) is 10.2 Å². The van der Waals surface area contributed by atoms with E-state index in [9.17, 15) is 19.8 Å². The van der Waals surface area contributed by atoms with Gasteiger partial charge in [-0.15, -0.1) is 10.2 Å². The second kappa shape index (κ2) is 11.9. The molecule has 2 N–H and O–H groups in total. The first-order valence-corrected chi connectivity index (χ1v) is 15.6. The van der Waals surface area contributed by atoms with E-state index in [-0.39, 0.29) is 32.2 Å². The van der Waals surface area contributed by atoms with Gasteiger partial charge in [-0.05, 0) is 64.3 Å². The van der Waals surface area contributed by atoms with Crippen LogP contribution in [0.15, 0.2) is 69.0 Å². The predicted molar refractivity (Wildman–Crippen MR) is 165 cm³/mol. The number of nitrogens with zero attached hydrogens (tertiary/aromatic N) is 3. The molecule has 6 rings (SSSR count). The lowest BCUT2D eigenvalue weighted by Gasteiger charge is -2.24. The Morgan fingerprint density at radius 2 is 1.84 bits per heavy atom. The maximum Gasteiger partial charge on any atom is 0.301 e. The minimum absolute atomic E-state index is 0.112. The summed E-state index contributed by atoms with van der Waals surface area (Å²) in [6, 6.07) is 14.9. The molecule has 1 unspecified atom stereocenters. The molecule has 1 aromatic heterocycles. The molecule has 2 aliphatic rings. The molecular formula is C30H24BrN3O7S2. The number of benzene rings is 3. The molecule has 0 spiro atoms. The first kappa shape index (κ1) is 29.0. The zero-order valence-electron chi connectivity index (χ0n) is 22.9. The van der Waals surface area contributed by atoms with Crippen LogP contribution in [-0.2, 0) is 15.3 Å². The average molecular weight is 683 g/mol. The number of aromatic hydroxyl groups is 1. The number of hydrogen-bond acceptors (Lipinski definition) is 11. The Morgan fingerprint density at radius 3 is 2.58 bits per heavy atom. The number of carbonyl (C=O) groups excluding carboxylic acids is 2. The summed E-state index contributed by atoms with van der Waals surface area (Å²) in [5, 5.41) is 30.7. The number of hydrogen-bond donors (Lipinski definition) is 2. The molecule has 1 amide bonds. The molecule has 1 fully saturated rings. The number of ketones is 1. The minimum Gasteiger partial charge on any atom is -0.507 e. The van der Waals surface area contributed by atoms with Crippen LogP contribution < -0.4 is 19.1 Å². The summed E-state index contributed by atoms with van der Waals surface area (Å²) < 4.78 is 17.5. The molecule has 0 aliphatic carbocycles. The summed E-state index contributed by atoms with van der Waals surface area (Å²) >= 11 is 5.95. The molecule has 43 heavy (non-hydrogen) atoms. The number of amides is 1. The Bertz CT molecular complexity index is 1770. The lowest BCUT2D eigenvalue weighted by Crippen LogP contribution is -2.29. The van der Waals surface area contributed by atoms with Crippen molar-refractivity contribution in [2.75, 3.05) is 25.2 Å². The van der Waals surface area contributed by atoms with E-state index in [2.05, 4.69) is 26.1 Å². The van der Waals surface area contributed by atoms with E-state index in [0.717, 1.165) is 22.5 Å². The second-order valence-corrected chi connectivity index (χ2v) is 12.7. The Morgan fingerprint density at radius 1 is 1.09 bits per heavy atom. The molecule has 0 radical (unpaired) electrons. The van der Waals surface area contributed by atoms with Crippen LogP contribution in [0.4, 0.5) is 5.13 Å². The number of phenolic OH excluding ortho intramolecular Hbond substituents is 1. The monoisotopic (exact) mass is 681 g/mol. The number of thioether (sulfide) groups is 1. The number of aliphatic hydroxyl groups excluding tert-OH is 1. The standard InChI is InChI=1S/C30H24BrN3O7S2/c1-15-3-5-16(6-4-15)14-42-30-33-32-29(43-30)34-24(18-11-19(31)26(36)22(13-18)39-2)23(27(37)28(34)38)25(35)17-7-8-20-21(12-17)41-10-9-40-20/h3-8,11-13,24,35-36H,9-10,14H2,1-2H3/b25-23+. The fraction of sp³-hybridized carbons (Fsp3) is 0.200. The number of carbonyl (C=O) groups is 2. The van der Waals surface area contributed by atoms with Crippen molar-refractivity contribution < 1.29 is 34.0 Å². The molecule has 0 saturated carbocycles. The Kier molecular flexibility index (Phi) is 8.03. The van der Waals surface area contributed by atoms with E-state index in [0.29, 0.717) is 40.4 Å². The number of aryl methyl sites for hydroxylation is 1. The van der Waals surface area contributed by atoms with Crippen LogP contribution in [0.5, 0.6) is 23.0 Å². The van der Waals surface area contributed by atoms with E-state index in [4.69, 9.17) is 14.2 Å². The number of rotatable bonds is 7. The number of aliphatic hydroxyl groups is 1. The molecule has 2 aliphatic heterocycles. The van der Waals surface area contributed by atoms with Crippen LogP contribution in [0.1, 0.15) is 28.3 Å². The van der Waals surface area contributed by atoms with Crippen LogP contribution in [0.3, 0.4) is 0 Å². The number of aromatic nitrogens is 2. The Balaban J connectivity index is 1.43. The van der Waals surface area contributed by atoms with Crippen molar-refractivity contribution in [1.29, 1.82) is 0 Å². The minimum atomic E-state index is -1.11. The van der Waals surface area contributed by atoms with Crippen LogP contribution in [0.25, 0.3) is 5.76 Å². The number of phenols is 1. The van der Waals surface area contributed by atoms with Gasteiger partial charge in [0, 0.05) is 11.3 Å². The topological polar surface area (TPSA) is 131 Å². The number of halogens is 1. The molecule has 3 heterocycles. The third-order valence-electron chi connectivity index (χ3n) is 6.93. The zero-order valence-corrected chi connectivity index (χ0v) is 26.1. The molecule has 13 heteroatoms. The van der Waals surface area contributed by atoms with Crippen LogP contribution in [0, 0.1) is 6.92 Å². The van der Waals surface area contributed by atoms with Crippen molar-refractivity contribution >= 4 is 61.6 Å². The Labute approximate surface area is 263 Å². The summed E-state index contributed by atoms with van der Waals surface area (Å²) in [5.74, 6) is -0.649. The molecule has 10 nitrogen and oxygen atoms in total. The van der Waals surface area contributed by atoms with E-state index in [1.54, 1.807) is 24.3 Å². The molecule has 0 bridgehead atoms. The third kappa shape index (κ3) is 5.55. The van der Waals surface area contributed by atoms with Crippen molar-refractivity contribution in [3.63, 3.8) is 0 Å². The van der Waals surface area contributed by atoms with Gasteiger partial charge in [0.15, 0.2) is 27.3 Å². The van der Waals surface area contributed by atoms with Crippen molar-refractivity contribution in [3.8, 4) is 23.0 Å². The average Bonchev–Trinajstić information content (AvgIpc) is 3.59. The summed E-state index contributed by atoms with van der Waals surface area (Å²) in [7, 11) is 1.39. The van der Waals surface area contributed by atoms with E-state index < -0.39 is 23.5 Å². The van der Waals surface area contributed by atoms with Gasteiger partial charge in [0.05, 0.1) is 23.2 Å². The van der Waals surface area contributed by atoms with E-state index in [1.807, 2.05) is 31.2 Å². The van der Waals surface area contributed by atoms with Crippen molar-refractivity contribution in [2.24, 2.45) is 0 Å². The predicted octanol–water partition coefficient (Wildman–Crippen LogP) is 6.01. The number of fused-ring (bicyclic) bond motifs is 1. The van der Waals surface area contributed by atoms with Gasteiger partial charge in [0.2, 0.25) is 5.13 Å². The highest BCUT2D eigenvalue weighted by Gasteiger charge is 2.49. The highest BCUT2D eigenvalue weighted by molar-refractivity contribution is 9.10. The first-order chi connectivity index (χ1) is 20.7. The quantitative estimate of drug-likeness (QED) is 0.0786. The lowest BCUT2D eigenvalue weighted by atomic mass is 9.95. The van der Waals surface area contributed by atoms with Crippen LogP contribution in [-0.4, -0.2) is 52.4 Å². The fourth-order valence-electron chi connectivity index (χ4n) is 4.79. The number of methoxy groups -OCH3 is 1. The van der Waals surface area contributed by atoms with Gasteiger partial charge in [0.1, 0.15) is 19.0 Å². The smallest absolute Gasteiger partial charge is 0.301 e. The summed E-state index contributed by atoms with van der Waals surface area (Å²) in [4.78, 5) is 28.5. The molecular weight excluding hydrogens is 658 g/mol. The fourth-order valence-corrected chi connectivity index (χ4v) is 7.07. The zero-order chi connectivity index (χ0) is 30.2. The van der Waals surface area contributed by atoms with Gasteiger partial charge in [-0.1, -0.05) is 52.9 Å². The van der Waals surface area contributed by atoms with Gasteiger partial charge in [0.25, 0.3) is 5.78 Å². The summed E-state index contributed by atoms with van der Waals surface area (Å²) in [5.41, 5.74) is 2.77. The maximum atomic E-state index is 13.6. The largest absolute Gasteiger partial charge is 0.507 e. The normalized spacial score (nSPS) is 17.4. The summed E-state index contributed by atoms with van der Waals surface area (Å²) in [6.07, 6.45) is 0. The van der Waals surface area contributed by atoms with E-state index >= 15 is 0 Å². The molecule has 4 aromatic rings. The Hall–Kier alpha value is -4.07. The number of Topliss-reactive ketones (excluding diaryl/α,β-unsaturated/α-hetero) is 1. The summed E-state index contributed by atoms with van der Waals surface area (Å²) in [6.45, 7) is 2.76. The SMILES string of the molecule is COc1cc(C2/C(=C(\O)c3ccc4c(c3)OCCO4)C(=O)C(=O)N2c2nnc(SCc3ccc(C)cc3)s2)cc(Br)c1O. The van der Waals surface area contributed by atoms with Gasteiger partial charge >= 0.3 is 5.91 Å². The molecule has 3 aromatic carbocycles.